The number of hydrogen-bond donors (Lipinski definition) is 0. The van der Waals surface area contributed by atoms with Gasteiger partial charge in [0.15, 0.2) is 12.0 Å². The van der Waals surface area contributed by atoms with Gasteiger partial charge in [0.2, 0.25) is 0 Å². The summed E-state index contributed by atoms with van der Waals surface area (Å²) in [6, 6.07) is 16.0. The second-order valence-electron chi connectivity index (χ2n) is 3.26. The number of rotatable bonds is 4. The Balaban J connectivity index is 2.07. The van der Waals surface area contributed by atoms with E-state index in [0.29, 0.717) is 23.3 Å². The summed E-state index contributed by atoms with van der Waals surface area (Å²) >= 11 is 0. The average Bonchev–Trinajstić information content (AvgIpc) is 2.40. The van der Waals surface area contributed by atoms with E-state index < -0.39 is 0 Å². The first kappa shape index (κ1) is 11.0. The van der Waals surface area contributed by atoms with Crippen LogP contribution >= 0.6 is 0 Å². The van der Waals surface area contributed by atoms with Crippen LogP contribution in [0.3, 0.4) is 0 Å². The Morgan fingerprint density at radius 1 is 0.941 bits per heavy atom. The molecule has 2 aromatic rings. The smallest absolute Gasteiger partial charge is 0.170 e. The fourth-order valence-electron chi connectivity index (χ4n) is 1.27. The third-order valence-electron chi connectivity index (χ3n) is 2.10. The standard InChI is InChI=1S/C13H10N2O2/c16-10-11-6-4-5-9-13(11)17-15-14-12-7-2-1-3-8-12/h1-10H. The molecule has 0 bridgehead atoms. The van der Waals surface area contributed by atoms with Gasteiger partial charge in [-0.1, -0.05) is 30.3 Å². The SMILES string of the molecule is O=Cc1ccccc1ON=Nc1ccccc1. The molecule has 0 saturated carbocycles. The number of para-hydroxylation sites is 1. The largest absolute Gasteiger partial charge is 0.339 e. The van der Waals surface area contributed by atoms with Gasteiger partial charge in [0, 0.05) is 5.28 Å². The summed E-state index contributed by atoms with van der Waals surface area (Å²) in [4.78, 5) is 15.8. The van der Waals surface area contributed by atoms with Crippen molar-refractivity contribution in [2.45, 2.75) is 0 Å². The summed E-state index contributed by atoms with van der Waals surface area (Å²) in [5.41, 5.74) is 1.13. The van der Waals surface area contributed by atoms with Crippen molar-refractivity contribution in [3.8, 4) is 5.75 Å². The van der Waals surface area contributed by atoms with Crippen molar-refractivity contribution in [3.05, 3.63) is 60.2 Å². The van der Waals surface area contributed by atoms with Crippen LogP contribution in [0.5, 0.6) is 5.75 Å². The Morgan fingerprint density at radius 3 is 2.41 bits per heavy atom. The molecule has 0 amide bonds. The molecule has 4 nitrogen and oxygen atoms in total. The molecule has 0 N–H and O–H groups in total. The van der Waals surface area contributed by atoms with Crippen LogP contribution in [0.15, 0.2) is 65.0 Å². The third-order valence-corrected chi connectivity index (χ3v) is 2.10. The quantitative estimate of drug-likeness (QED) is 0.454. The van der Waals surface area contributed by atoms with Crippen molar-refractivity contribution in [2.75, 3.05) is 0 Å². The molecule has 0 radical (unpaired) electrons. The minimum absolute atomic E-state index is 0.391. The predicted octanol–water partition coefficient (Wildman–Crippen LogP) is 3.58. The zero-order valence-corrected chi connectivity index (χ0v) is 8.98. The zero-order valence-electron chi connectivity index (χ0n) is 8.98. The van der Waals surface area contributed by atoms with E-state index in [0.717, 1.165) is 0 Å². The molecule has 84 valence electrons. The van der Waals surface area contributed by atoms with Crippen LogP contribution in [-0.2, 0) is 0 Å². The van der Waals surface area contributed by atoms with E-state index in [1.54, 1.807) is 36.4 Å². The minimum Gasteiger partial charge on any atom is -0.339 e. The van der Waals surface area contributed by atoms with Crippen LogP contribution in [0.2, 0.25) is 0 Å². The second-order valence-corrected chi connectivity index (χ2v) is 3.26. The van der Waals surface area contributed by atoms with E-state index in [4.69, 9.17) is 4.84 Å². The second kappa shape index (κ2) is 5.55. The van der Waals surface area contributed by atoms with Crippen molar-refractivity contribution >= 4 is 12.0 Å². The van der Waals surface area contributed by atoms with Crippen molar-refractivity contribution in [3.63, 3.8) is 0 Å². The molecule has 0 unspecified atom stereocenters. The molecule has 0 heterocycles. The van der Waals surface area contributed by atoms with Gasteiger partial charge in [-0.3, -0.25) is 4.79 Å². The van der Waals surface area contributed by atoms with Gasteiger partial charge < -0.3 is 4.84 Å². The maximum absolute atomic E-state index is 10.7. The lowest BCUT2D eigenvalue weighted by Gasteiger charge is -1.99. The lowest BCUT2D eigenvalue weighted by molar-refractivity contribution is 0.111. The molecular weight excluding hydrogens is 216 g/mol. The predicted molar refractivity (Wildman–Crippen MR) is 63.4 cm³/mol. The van der Waals surface area contributed by atoms with Crippen LogP contribution < -0.4 is 4.84 Å². The first-order chi connectivity index (χ1) is 8.40. The highest BCUT2D eigenvalue weighted by atomic mass is 16.6. The van der Waals surface area contributed by atoms with Crippen molar-refractivity contribution in [2.24, 2.45) is 10.4 Å². The van der Waals surface area contributed by atoms with Gasteiger partial charge >= 0.3 is 0 Å². The summed E-state index contributed by atoms with van der Waals surface area (Å²) < 4.78 is 0. The van der Waals surface area contributed by atoms with Crippen LogP contribution in [-0.4, -0.2) is 6.29 Å². The summed E-state index contributed by atoms with van der Waals surface area (Å²) in [6.45, 7) is 0. The lowest BCUT2D eigenvalue weighted by atomic mass is 10.2. The van der Waals surface area contributed by atoms with Crippen molar-refractivity contribution in [1.82, 2.24) is 0 Å². The molecule has 17 heavy (non-hydrogen) atoms. The number of nitrogens with zero attached hydrogens (tertiary/aromatic N) is 2. The molecule has 0 fully saturated rings. The molecule has 0 saturated heterocycles. The van der Waals surface area contributed by atoms with Gasteiger partial charge in [-0.25, -0.2) is 0 Å². The Kier molecular flexibility index (Phi) is 3.60. The molecule has 0 aromatic heterocycles. The van der Waals surface area contributed by atoms with E-state index >= 15 is 0 Å². The topological polar surface area (TPSA) is 51.0 Å². The van der Waals surface area contributed by atoms with Gasteiger partial charge in [0.25, 0.3) is 0 Å². The zero-order chi connectivity index (χ0) is 11.9. The summed E-state index contributed by atoms with van der Waals surface area (Å²) in [5, 5.41) is 7.45. The molecule has 0 atom stereocenters. The number of aldehydes is 1. The van der Waals surface area contributed by atoms with Crippen molar-refractivity contribution in [1.29, 1.82) is 0 Å². The normalized spacial score (nSPS) is 10.4. The molecule has 0 aliphatic carbocycles. The highest BCUT2D eigenvalue weighted by molar-refractivity contribution is 5.79. The molecular formula is C13H10N2O2. The fraction of sp³-hybridized carbons (Fsp3) is 0. The average molecular weight is 226 g/mol. The van der Waals surface area contributed by atoms with Gasteiger partial charge in [-0.15, -0.1) is 5.11 Å². The molecule has 2 rings (SSSR count). The summed E-state index contributed by atoms with van der Waals surface area (Å²) in [6.07, 6.45) is 0.716. The molecule has 0 spiro atoms. The van der Waals surface area contributed by atoms with Crippen LogP contribution in [0.4, 0.5) is 5.69 Å². The highest BCUT2D eigenvalue weighted by Crippen LogP contribution is 2.17. The van der Waals surface area contributed by atoms with E-state index in [9.17, 15) is 4.79 Å². The molecule has 2 aromatic carbocycles. The monoisotopic (exact) mass is 226 g/mol. The minimum atomic E-state index is 0.391. The lowest BCUT2D eigenvalue weighted by Crippen LogP contribution is -1.87. The van der Waals surface area contributed by atoms with Gasteiger partial charge in [-0.2, -0.15) is 0 Å². The number of hydrogen-bond acceptors (Lipinski definition) is 4. The van der Waals surface area contributed by atoms with E-state index in [1.165, 1.54) is 0 Å². The van der Waals surface area contributed by atoms with Crippen molar-refractivity contribution < 1.29 is 9.63 Å². The first-order valence-electron chi connectivity index (χ1n) is 5.07. The Morgan fingerprint density at radius 2 is 1.65 bits per heavy atom. The van der Waals surface area contributed by atoms with Crippen LogP contribution in [0, 0.1) is 0 Å². The third kappa shape index (κ3) is 2.98. The van der Waals surface area contributed by atoms with Crippen LogP contribution in [0.25, 0.3) is 0 Å². The van der Waals surface area contributed by atoms with Crippen LogP contribution in [0.1, 0.15) is 10.4 Å². The number of benzene rings is 2. The maximum Gasteiger partial charge on any atom is 0.170 e. The Labute approximate surface area is 98.5 Å². The van der Waals surface area contributed by atoms with E-state index in [2.05, 4.69) is 10.4 Å². The molecule has 0 aliphatic rings. The summed E-state index contributed by atoms with van der Waals surface area (Å²) in [7, 11) is 0. The van der Waals surface area contributed by atoms with E-state index in [1.807, 2.05) is 18.2 Å². The molecule has 0 aliphatic heterocycles. The Hall–Kier alpha value is -2.49. The Bertz CT molecular complexity index is 524. The van der Waals surface area contributed by atoms with Gasteiger partial charge in [-0.05, 0) is 24.3 Å². The van der Waals surface area contributed by atoms with Gasteiger partial charge in [0.05, 0.1) is 11.3 Å². The summed E-state index contributed by atoms with van der Waals surface area (Å²) in [5.74, 6) is 0.391. The maximum atomic E-state index is 10.7. The van der Waals surface area contributed by atoms with E-state index in [-0.39, 0.29) is 0 Å². The highest BCUT2D eigenvalue weighted by Gasteiger charge is 2.00. The van der Waals surface area contributed by atoms with Gasteiger partial charge in [0.1, 0.15) is 0 Å². The fourth-order valence-corrected chi connectivity index (χ4v) is 1.27. The molecule has 4 heteroatoms. The first-order valence-corrected chi connectivity index (χ1v) is 5.07. The number of carbonyl (C=O) groups excluding carboxylic acids is 1. The number of carbonyl (C=O) groups is 1.